The number of nitrogens with zero attached hydrogens (tertiary/aromatic N) is 4. The maximum Gasteiger partial charge on any atom is 0.341 e. The lowest BCUT2D eigenvalue weighted by Gasteiger charge is -2.29. The van der Waals surface area contributed by atoms with Gasteiger partial charge in [0.1, 0.15) is 5.56 Å². The van der Waals surface area contributed by atoms with E-state index in [-0.39, 0.29) is 10.9 Å². The van der Waals surface area contributed by atoms with Crippen molar-refractivity contribution in [1.82, 2.24) is 19.4 Å². The summed E-state index contributed by atoms with van der Waals surface area (Å²) in [5.41, 5.74) is 2.24. The SMILES string of the molecule is CN1CCC(c2ccc(Nc3ncc4c(=O)c(C(=O)O)cn(-c5ccc6ccccc6c5)c4n3)cc2)CC1. The van der Waals surface area contributed by atoms with Gasteiger partial charge in [-0.2, -0.15) is 4.98 Å². The number of rotatable bonds is 5. The molecule has 0 saturated carbocycles. The number of pyridine rings is 1. The van der Waals surface area contributed by atoms with E-state index in [0.717, 1.165) is 42.4 Å². The minimum Gasteiger partial charge on any atom is -0.477 e. The van der Waals surface area contributed by atoms with E-state index in [1.165, 1.54) is 18.0 Å². The number of carboxylic acid groups (broad SMARTS) is 1. The smallest absolute Gasteiger partial charge is 0.341 e. The van der Waals surface area contributed by atoms with Gasteiger partial charge in [-0.15, -0.1) is 0 Å². The van der Waals surface area contributed by atoms with Crippen molar-refractivity contribution in [2.75, 3.05) is 25.5 Å². The number of piperidine rings is 1. The fraction of sp³-hybridized carbons (Fsp3) is 0.200. The van der Waals surface area contributed by atoms with Crippen LogP contribution in [0, 0.1) is 0 Å². The van der Waals surface area contributed by atoms with E-state index in [4.69, 9.17) is 0 Å². The van der Waals surface area contributed by atoms with Crippen molar-refractivity contribution in [3.05, 3.63) is 100 Å². The molecule has 6 rings (SSSR count). The van der Waals surface area contributed by atoms with Crippen LogP contribution in [0.3, 0.4) is 0 Å². The van der Waals surface area contributed by atoms with Gasteiger partial charge in [0.15, 0.2) is 5.65 Å². The van der Waals surface area contributed by atoms with Gasteiger partial charge in [-0.05, 0) is 79.5 Å². The molecule has 0 amide bonds. The largest absolute Gasteiger partial charge is 0.477 e. The van der Waals surface area contributed by atoms with Crippen LogP contribution in [0.15, 0.2) is 83.9 Å². The molecule has 0 aliphatic carbocycles. The summed E-state index contributed by atoms with van der Waals surface area (Å²) in [5.74, 6) is -0.406. The number of nitrogens with one attached hydrogen (secondary N) is 1. The molecule has 1 aliphatic heterocycles. The van der Waals surface area contributed by atoms with Crippen LogP contribution < -0.4 is 10.7 Å². The molecule has 0 atom stereocenters. The molecule has 1 fully saturated rings. The molecule has 190 valence electrons. The van der Waals surface area contributed by atoms with Crippen LogP contribution in [-0.2, 0) is 0 Å². The molecule has 2 aromatic heterocycles. The second-order valence-corrected chi connectivity index (χ2v) is 9.83. The van der Waals surface area contributed by atoms with Crippen LogP contribution in [0.25, 0.3) is 27.5 Å². The number of likely N-dealkylation sites (tertiary alicyclic amines) is 1. The molecular weight excluding hydrogens is 478 g/mol. The number of aromatic carboxylic acids is 1. The highest BCUT2D eigenvalue weighted by Gasteiger charge is 2.19. The number of carbonyl (C=O) groups is 1. The molecular formula is C30H27N5O3. The second kappa shape index (κ2) is 9.72. The van der Waals surface area contributed by atoms with Crippen LogP contribution in [0.5, 0.6) is 0 Å². The topological polar surface area (TPSA) is 100 Å². The zero-order chi connectivity index (χ0) is 26.2. The Kier molecular flexibility index (Phi) is 6.09. The van der Waals surface area contributed by atoms with Gasteiger partial charge >= 0.3 is 5.97 Å². The lowest BCUT2D eigenvalue weighted by atomic mass is 9.89. The summed E-state index contributed by atoms with van der Waals surface area (Å²) in [6.45, 7) is 2.22. The minimum absolute atomic E-state index is 0.140. The van der Waals surface area contributed by atoms with Crippen LogP contribution in [0.4, 0.5) is 11.6 Å². The number of hydrogen-bond donors (Lipinski definition) is 2. The standard InChI is InChI=1S/C30H27N5O3/c1-34-14-12-21(13-15-34)20-6-9-23(10-7-20)32-30-31-17-25-27(36)26(29(37)38)18-35(28(25)33-30)24-11-8-19-4-2-3-5-22(19)16-24/h2-11,16-18,21H,12-15H2,1H3,(H,37,38)(H,31,32,33). The van der Waals surface area contributed by atoms with Crippen molar-refractivity contribution >= 4 is 39.4 Å². The fourth-order valence-corrected chi connectivity index (χ4v) is 5.16. The predicted octanol–water partition coefficient (Wildman–Crippen LogP) is 5.18. The monoisotopic (exact) mass is 505 g/mol. The summed E-state index contributed by atoms with van der Waals surface area (Å²) >= 11 is 0. The molecule has 0 spiro atoms. The Morgan fingerprint density at radius 3 is 2.47 bits per heavy atom. The van der Waals surface area contributed by atoms with Gasteiger partial charge in [0.25, 0.3) is 0 Å². The number of hydrogen-bond acceptors (Lipinski definition) is 6. The van der Waals surface area contributed by atoms with Gasteiger partial charge in [-0.25, -0.2) is 9.78 Å². The van der Waals surface area contributed by atoms with Crippen LogP contribution >= 0.6 is 0 Å². The molecule has 8 nitrogen and oxygen atoms in total. The summed E-state index contributed by atoms with van der Waals surface area (Å²) < 4.78 is 1.64. The first-order valence-electron chi connectivity index (χ1n) is 12.7. The molecule has 1 aliphatic rings. The summed E-state index contributed by atoms with van der Waals surface area (Å²) in [6, 6.07) is 22.0. The number of carboxylic acids is 1. The molecule has 8 heteroatoms. The Morgan fingerprint density at radius 1 is 1.00 bits per heavy atom. The highest BCUT2D eigenvalue weighted by Crippen LogP contribution is 2.29. The summed E-state index contributed by atoms with van der Waals surface area (Å²) in [4.78, 5) is 36.2. The predicted molar refractivity (Wildman–Crippen MR) is 149 cm³/mol. The summed E-state index contributed by atoms with van der Waals surface area (Å²) in [6.07, 6.45) is 5.04. The zero-order valence-corrected chi connectivity index (χ0v) is 21.0. The quantitative estimate of drug-likeness (QED) is 0.339. The van der Waals surface area contributed by atoms with Crippen LogP contribution in [0.2, 0.25) is 0 Å². The highest BCUT2D eigenvalue weighted by atomic mass is 16.4. The molecule has 2 N–H and O–H groups in total. The first kappa shape index (κ1) is 23.8. The Labute approximate surface area is 219 Å². The van der Waals surface area contributed by atoms with Crippen molar-refractivity contribution in [3.63, 3.8) is 0 Å². The normalized spacial score (nSPS) is 14.7. The Bertz CT molecular complexity index is 1720. The maximum atomic E-state index is 12.9. The van der Waals surface area contributed by atoms with E-state index < -0.39 is 11.4 Å². The molecule has 5 aromatic rings. The van der Waals surface area contributed by atoms with Crippen molar-refractivity contribution in [2.45, 2.75) is 18.8 Å². The van der Waals surface area contributed by atoms with Crippen molar-refractivity contribution in [2.24, 2.45) is 0 Å². The third kappa shape index (κ3) is 4.50. The summed E-state index contributed by atoms with van der Waals surface area (Å²) in [5, 5.41) is 15.1. The van der Waals surface area contributed by atoms with Gasteiger partial charge in [-0.1, -0.05) is 42.5 Å². The maximum absolute atomic E-state index is 12.9. The van der Waals surface area contributed by atoms with Gasteiger partial charge in [0.05, 0.1) is 5.39 Å². The number of aromatic nitrogens is 3. The third-order valence-electron chi connectivity index (χ3n) is 7.34. The lowest BCUT2D eigenvalue weighted by molar-refractivity contribution is 0.0695. The Morgan fingerprint density at radius 2 is 1.74 bits per heavy atom. The Balaban J connectivity index is 1.38. The van der Waals surface area contributed by atoms with Crippen LogP contribution in [0.1, 0.15) is 34.7 Å². The van der Waals surface area contributed by atoms with Gasteiger partial charge in [0.2, 0.25) is 11.4 Å². The number of fused-ring (bicyclic) bond motifs is 2. The van der Waals surface area contributed by atoms with E-state index in [2.05, 4.69) is 39.4 Å². The fourth-order valence-electron chi connectivity index (χ4n) is 5.16. The Hall–Kier alpha value is -4.56. The third-order valence-corrected chi connectivity index (χ3v) is 7.34. The van der Waals surface area contributed by atoms with Crippen molar-refractivity contribution < 1.29 is 9.90 Å². The molecule has 1 saturated heterocycles. The zero-order valence-electron chi connectivity index (χ0n) is 21.0. The summed E-state index contributed by atoms with van der Waals surface area (Å²) in [7, 11) is 2.16. The van der Waals surface area contributed by atoms with Gasteiger partial charge < -0.3 is 19.9 Å². The molecule has 38 heavy (non-hydrogen) atoms. The molecule has 3 aromatic carbocycles. The highest BCUT2D eigenvalue weighted by molar-refractivity contribution is 5.93. The molecule has 0 radical (unpaired) electrons. The van der Waals surface area contributed by atoms with E-state index in [9.17, 15) is 14.7 Å². The van der Waals surface area contributed by atoms with E-state index in [1.807, 2.05) is 54.6 Å². The van der Waals surface area contributed by atoms with Gasteiger partial charge in [0, 0.05) is 23.8 Å². The van der Waals surface area contributed by atoms with E-state index in [1.54, 1.807) is 4.57 Å². The van der Waals surface area contributed by atoms with Gasteiger partial charge in [-0.3, -0.25) is 4.79 Å². The lowest BCUT2D eigenvalue weighted by Crippen LogP contribution is -2.29. The average Bonchev–Trinajstić information content (AvgIpc) is 2.94. The number of anilines is 2. The molecule has 3 heterocycles. The van der Waals surface area contributed by atoms with E-state index in [0.29, 0.717) is 23.2 Å². The first-order valence-corrected chi connectivity index (χ1v) is 12.7. The van der Waals surface area contributed by atoms with Crippen molar-refractivity contribution in [1.29, 1.82) is 0 Å². The van der Waals surface area contributed by atoms with Crippen LogP contribution in [-0.4, -0.2) is 50.6 Å². The number of benzene rings is 3. The minimum atomic E-state index is -1.29. The average molecular weight is 506 g/mol. The van der Waals surface area contributed by atoms with E-state index >= 15 is 0 Å². The molecule has 0 bridgehead atoms. The molecule has 0 unspecified atom stereocenters. The second-order valence-electron chi connectivity index (χ2n) is 9.83. The van der Waals surface area contributed by atoms with Crippen molar-refractivity contribution in [3.8, 4) is 5.69 Å². The first-order chi connectivity index (χ1) is 18.5.